The van der Waals surface area contributed by atoms with E-state index in [1.54, 1.807) is 13.3 Å². The van der Waals surface area contributed by atoms with Crippen LogP contribution in [0.3, 0.4) is 0 Å². The molecule has 122 valence electrons. The van der Waals surface area contributed by atoms with Crippen LogP contribution in [0.2, 0.25) is 0 Å². The summed E-state index contributed by atoms with van der Waals surface area (Å²) < 4.78 is 5.23. The number of nitrogens with zero attached hydrogens (tertiary/aromatic N) is 2. The SMILES string of the molecule is COCCN(C(=S)Nc1ccccc1C)C(C)c1ccccn1. The van der Waals surface area contributed by atoms with Gasteiger partial charge in [0.2, 0.25) is 0 Å². The number of rotatable bonds is 6. The number of anilines is 1. The highest BCUT2D eigenvalue weighted by Crippen LogP contribution is 2.20. The van der Waals surface area contributed by atoms with E-state index >= 15 is 0 Å². The molecule has 0 aliphatic heterocycles. The van der Waals surface area contributed by atoms with Gasteiger partial charge in [-0.05, 0) is 49.8 Å². The number of ether oxygens (including phenoxy) is 1. The summed E-state index contributed by atoms with van der Waals surface area (Å²) in [6, 6.07) is 14.1. The third-order valence-corrected chi connectivity index (χ3v) is 4.10. The van der Waals surface area contributed by atoms with Crippen molar-refractivity contribution < 1.29 is 4.74 Å². The molecule has 0 saturated heterocycles. The van der Waals surface area contributed by atoms with E-state index < -0.39 is 0 Å². The van der Waals surface area contributed by atoms with Gasteiger partial charge in [0.05, 0.1) is 18.3 Å². The second-order valence-electron chi connectivity index (χ2n) is 5.36. The lowest BCUT2D eigenvalue weighted by Gasteiger charge is -2.31. The summed E-state index contributed by atoms with van der Waals surface area (Å²) in [5, 5.41) is 4.02. The van der Waals surface area contributed by atoms with Crippen LogP contribution in [0, 0.1) is 6.92 Å². The Hall–Kier alpha value is -1.98. The van der Waals surface area contributed by atoms with Crippen molar-refractivity contribution in [1.82, 2.24) is 9.88 Å². The topological polar surface area (TPSA) is 37.4 Å². The van der Waals surface area contributed by atoms with Crippen molar-refractivity contribution in [3.8, 4) is 0 Å². The third-order valence-electron chi connectivity index (χ3n) is 3.77. The van der Waals surface area contributed by atoms with Gasteiger partial charge in [-0.15, -0.1) is 0 Å². The van der Waals surface area contributed by atoms with Crippen LogP contribution >= 0.6 is 12.2 Å². The summed E-state index contributed by atoms with van der Waals surface area (Å²) in [7, 11) is 1.70. The lowest BCUT2D eigenvalue weighted by atomic mass is 10.2. The minimum absolute atomic E-state index is 0.0652. The molecule has 1 atom stereocenters. The summed E-state index contributed by atoms with van der Waals surface area (Å²) in [5.41, 5.74) is 3.16. The van der Waals surface area contributed by atoms with Gasteiger partial charge in [0.15, 0.2) is 5.11 Å². The van der Waals surface area contributed by atoms with Gasteiger partial charge < -0.3 is 15.0 Å². The number of pyridine rings is 1. The number of nitrogens with one attached hydrogen (secondary N) is 1. The van der Waals surface area contributed by atoms with E-state index in [4.69, 9.17) is 17.0 Å². The first-order valence-corrected chi connectivity index (χ1v) is 8.07. The first-order chi connectivity index (χ1) is 11.1. The largest absolute Gasteiger partial charge is 0.383 e. The fourth-order valence-corrected chi connectivity index (χ4v) is 2.70. The van der Waals surface area contributed by atoms with Crippen molar-refractivity contribution in [2.45, 2.75) is 19.9 Å². The fraction of sp³-hybridized carbons (Fsp3) is 0.333. The molecule has 2 aromatic rings. The Kier molecular flexibility index (Phi) is 6.50. The summed E-state index contributed by atoms with van der Waals surface area (Å²) in [6.45, 7) is 5.47. The van der Waals surface area contributed by atoms with Crippen LogP contribution in [0.1, 0.15) is 24.2 Å². The molecule has 5 heteroatoms. The molecule has 1 N–H and O–H groups in total. The molecule has 0 saturated carbocycles. The number of para-hydroxylation sites is 1. The molecular weight excluding hydrogens is 306 g/mol. The van der Waals surface area contributed by atoms with Gasteiger partial charge in [0.1, 0.15) is 0 Å². The standard InChI is InChI=1S/C18H23N3OS/c1-14-8-4-5-9-16(14)20-18(23)21(12-13-22-3)15(2)17-10-6-7-11-19-17/h4-11,15H,12-13H2,1-3H3,(H,20,23). The first kappa shape index (κ1) is 17.4. The van der Waals surface area contributed by atoms with E-state index in [1.807, 2.05) is 36.4 Å². The maximum atomic E-state index is 5.64. The minimum atomic E-state index is 0.0652. The highest BCUT2D eigenvalue weighted by molar-refractivity contribution is 7.80. The maximum absolute atomic E-state index is 5.64. The predicted molar refractivity (Wildman–Crippen MR) is 98.6 cm³/mol. The van der Waals surface area contributed by atoms with Gasteiger partial charge >= 0.3 is 0 Å². The Bertz CT molecular complexity index is 633. The summed E-state index contributed by atoms with van der Waals surface area (Å²) >= 11 is 5.64. The van der Waals surface area contributed by atoms with Crippen molar-refractivity contribution in [1.29, 1.82) is 0 Å². The monoisotopic (exact) mass is 329 g/mol. The number of aromatic nitrogens is 1. The average Bonchev–Trinajstić information content (AvgIpc) is 2.58. The normalized spacial score (nSPS) is 11.8. The van der Waals surface area contributed by atoms with Crippen LogP contribution in [0.25, 0.3) is 0 Å². The van der Waals surface area contributed by atoms with Crippen molar-refractivity contribution >= 4 is 23.0 Å². The molecule has 4 nitrogen and oxygen atoms in total. The zero-order chi connectivity index (χ0) is 16.7. The smallest absolute Gasteiger partial charge is 0.174 e. The first-order valence-electron chi connectivity index (χ1n) is 7.66. The Balaban J connectivity index is 2.17. The number of benzene rings is 1. The summed E-state index contributed by atoms with van der Waals surface area (Å²) in [4.78, 5) is 6.55. The zero-order valence-electron chi connectivity index (χ0n) is 13.8. The van der Waals surface area contributed by atoms with Crippen LogP contribution in [0.5, 0.6) is 0 Å². The summed E-state index contributed by atoms with van der Waals surface area (Å²) in [6.07, 6.45) is 1.80. The molecule has 0 aliphatic carbocycles. The van der Waals surface area contributed by atoms with E-state index in [9.17, 15) is 0 Å². The Morgan fingerprint density at radius 3 is 2.65 bits per heavy atom. The highest BCUT2D eigenvalue weighted by atomic mass is 32.1. The lowest BCUT2D eigenvalue weighted by molar-refractivity contribution is 0.164. The molecule has 1 unspecified atom stereocenters. The Labute approximate surface area is 143 Å². The number of aryl methyl sites for hydroxylation is 1. The van der Waals surface area contributed by atoms with Crippen LogP contribution < -0.4 is 5.32 Å². The van der Waals surface area contributed by atoms with Crippen LogP contribution in [0.4, 0.5) is 5.69 Å². The van der Waals surface area contributed by atoms with E-state index in [0.717, 1.165) is 16.9 Å². The lowest BCUT2D eigenvalue weighted by Crippen LogP contribution is -2.39. The molecular formula is C18H23N3OS. The quantitative estimate of drug-likeness (QED) is 0.816. The molecule has 0 amide bonds. The van der Waals surface area contributed by atoms with Gasteiger partial charge in [-0.1, -0.05) is 24.3 Å². The number of hydrogen-bond donors (Lipinski definition) is 1. The number of thiocarbonyl (C=S) groups is 1. The number of methoxy groups -OCH3 is 1. The van der Waals surface area contributed by atoms with Gasteiger partial charge in [-0.3, -0.25) is 4.98 Å². The molecule has 23 heavy (non-hydrogen) atoms. The van der Waals surface area contributed by atoms with Crippen molar-refractivity contribution in [2.75, 3.05) is 25.6 Å². The second kappa shape index (κ2) is 8.60. The predicted octanol–water partition coefficient (Wildman–Crippen LogP) is 3.80. The molecule has 1 heterocycles. The third kappa shape index (κ3) is 4.74. The average molecular weight is 329 g/mol. The molecule has 0 bridgehead atoms. The Morgan fingerprint density at radius 1 is 1.26 bits per heavy atom. The summed E-state index contributed by atoms with van der Waals surface area (Å²) in [5.74, 6) is 0. The van der Waals surface area contributed by atoms with Gasteiger partial charge in [0, 0.05) is 25.5 Å². The van der Waals surface area contributed by atoms with Crippen molar-refractivity contribution in [3.05, 3.63) is 59.9 Å². The fourth-order valence-electron chi connectivity index (χ4n) is 2.34. The van der Waals surface area contributed by atoms with Crippen LogP contribution in [-0.4, -0.2) is 35.3 Å². The van der Waals surface area contributed by atoms with E-state index in [-0.39, 0.29) is 6.04 Å². The Morgan fingerprint density at radius 2 is 2.00 bits per heavy atom. The van der Waals surface area contributed by atoms with Crippen LogP contribution in [0.15, 0.2) is 48.7 Å². The van der Waals surface area contributed by atoms with Gasteiger partial charge in [-0.2, -0.15) is 0 Å². The van der Waals surface area contributed by atoms with Crippen molar-refractivity contribution in [2.24, 2.45) is 0 Å². The molecule has 1 aromatic carbocycles. The van der Waals surface area contributed by atoms with E-state index in [2.05, 4.69) is 35.1 Å². The minimum Gasteiger partial charge on any atom is -0.383 e. The highest BCUT2D eigenvalue weighted by Gasteiger charge is 2.19. The molecule has 0 aliphatic rings. The van der Waals surface area contributed by atoms with Crippen LogP contribution in [-0.2, 0) is 4.74 Å². The van der Waals surface area contributed by atoms with Crippen molar-refractivity contribution in [3.63, 3.8) is 0 Å². The molecule has 1 aromatic heterocycles. The van der Waals surface area contributed by atoms with E-state index in [1.165, 1.54) is 0 Å². The molecule has 2 rings (SSSR count). The molecule has 0 spiro atoms. The second-order valence-corrected chi connectivity index (χ2v) is 5.75. The molecule has 0 radical (unpaired) electrons. The van der Waals surface area contributed by atoms with Gasteiger partial charge in [-0.25, -0.2) is 0 Å². The maximum Gasteiger partial charge on any atom is 0.174 e. The van der Waals surface area contributed by atoms with Gasteiger partial charge in [0.25, 0.3) is 0 Å². The molecule has 0 fully saturated rings. The number of hydrogen-bond acceptors (Lipinski definition) is 3. The van der Waals surface area contributed by atoms with E-state index in [0.29, 0.717) is 18.3 Å². The zero-order valence-corrected chi connectivity index (χ0v) is 14.6.